The maximum Gasteiger partial charge on any atom is 0.303 e. The summed E-state index contributed by atoms with van der Waals surface area (Å²) in [5, 5.41) is 13.1. The molecule has 33 heavy (non-hydrogen) atoms. The van der Waals surface area contributed by atoms with Crippen LogP contribution in [0.1, 0.15) is 87.5 Å². The molecule has 2 aromatic rings. The fourth-order valence-corrected chi connectivity index (χ4v) is 5.51. The number of fused-ring (bicyclic) bond motifs is 1. The van der Waals surface area contributed by atoms with Crippen molar-refractivity contribution in [2.75, 3.05) is 0 Å². The highest BCUT2D eigenvalue weighted by Crippen LogP contribution is 2.31. The molecule has 0 saturated heterocycles. The Balaban J connectivity index is 1.56. The van der Waals surface area contributed by atoms with Crippen molar-refractivity contribution in [2.45, 2.75) is 95.2 Å². The number of aromatic amines is 1. The molecule has 1 atom stereocenters. The molecule has 2 aliphatic carbocycles. The quantitative estimate of drug-likeness (QED) is 0.542. The lowest BCUT2D eigenvalue weighted by molar-refractivity contribution is -0.141. The molecule has 1 heterocycles. The van der Waals surface area contributed by atoms with Gasteiger partial charge >= 0.3 is 5.97 Å². The minimum Gasteiger partial charge on any atom is -0.481 e. The van der Waals surface area contributed by atoms with Gasteiger partial charge in [0.2, 0.25) is 5.91 Å². The van der Waals surface area contributed by atoms with Crippen LogP contribution in [-0.4, -0.2) is 50.9 Å². The lowest BCUT2D eigenvalue weighted by Crippen LogP contribution is -2.56. The van der Waals surface area contributed by atoms with Crippen LogP contribution in [-0.2, 0) is 9.59 Å². The Morgan fingerprint density at radius 3 is 2.15 bits per heavy atom. The van der Waals surface area contributed by atoms with Gasteiger partial charge in [-0.3, -0.25) is 14.4 Å². The minimum absolute atomic E-state index is 0.0933. The standard InChI is InChI=1S/C26H35N3O4/c30-24(31)16-15-22(28-25(32)23-17-18-9-7-8-14-21(18)27-23)26(33)29(19-10-3-1-4-11-19)20-12-5-2-6-13-20/h7-9,14,17,19-20,22,27H,1-6,10-13,15-16H2,(H,28,32)(H,30,31). The van der Waals surface area contributed by atoms with Gasteiger partial charge in [0.25, 0.3) is 5.91 Å². The highest BCUT2D eigenvalue weighted by molar-refractivity contribution is 6.00. The van der Waals surface area contributed by atoms with Gasteiger partial charge in [-0.15, -0.1) is 0 Å². The number of hydrogen-bond acceptors (Lipinski definition) is 3. The predicted molar refractivity (Wildman–Crippen MR) is 127 cm³/mol. The Kier molecular flexibility index (Phi) is 7.68. The van der Waals surface area contributed by atoms with Gasteiger partial charge in [0, 0.05) is 29.4 Å². The number of carbonyl (C=O) groups is 3. The smallest absolute Gasteiger partial charge is 0.303 e. The van der Waals surface area contributed by atoms with Crippen molar-refractivity contribution >= 4 is 28.7 Å². The van der Waals surface area contributed by atoms with E-state index in [0.29, 0.717) is 5.69 Å². The average Bonchev–Trinajstić information content (AvgIpc) is 3.27. The van der Waals surface area contributed by atoms with Crippen molar-refractivity contribution in [1.29, 1.82) is 0 Å². The Hall–Kier alpha value is -2.83. The second-order valence-corrected chi connectivity index (χ2v) is 9.56. The second kappa shape index (κ2) is 10.9. The molecule has 2 saturated carbocycles. The normalized spacial score (nSPS) is 18.7. The van der Waals surface area contributed by atoms with Crippen LogP contribution in [0, 0.1) is 0 Å². The molecule has 7 heteroatoms. The van der Waals surface area contributed by atoms with E-state index in [-0.39, 0.29) is 36.7 Å². The molecule has 0 spiro atoms. The number of hydrogen-bond donors (Lipinski definition) is 3. The molecule has 2 amide bonds. The molecule has 0 radical (unpaired) electrons. The fourth-order valence-electron chi connectivity index (χ4n) is 5.51. The molecule has 178 valence electrons. The number of benzene rings is 1. The zero-order valence-electron chi connectivity index (χ0n) is 19.2. The van der Waals surface area contributed by atoms with Crippen LogP contribution in [0.4, 0.5) is 0 Å². The summed E-state index contributed by atoms with van der Waals surface area (Å²) in [6, 6.07) is 8.91. The summed E-state index contributed by atoms with van der Waals surface area (Å²) >= 11 is 0. The van der Waals surface area contributed by atoms with Crippen LogP contribution in [0.3, 0.4) is 0 Å². The SMILES string of the molecule is O=C(O)CCC(NC(=O)c1cc2ccccc2[nH]1)C(=O)N(C1CCCCC1)C1CCCCC1. The number of para-hydroxylation sites is 1. The van der Waals surface area contributed by atoms with Gasteiger partial charge in [-0.25, -0.2) is 0 Å². The van der Waals surface area contributed by atoms with Gasteiger partial charge < -0.3 is 20.3 Å². The Labute approximate surface area is 194 Å². The largest absolute Gasteiger partial charge is 0.481 e. The van der Waals surface area contributed by atoms with Crippen molar-refractivity contribution in [2.24, 2.45) is 0 Å². The van der Waals surface area contributed by atoms with Crippen LogP contribution in [0.25, 0.3) is 10.9 Å². The zero-order valence-corrected chi connectivity index (χ0v) is 19.2. The number of nitrogens with one attached hydrogen (secondary N) is 2. The number of aliphatic carboxylic acids is 1. The molecule has 0 aliphatic heterocycles. The number of nitrogens with zero attached hydrogens (tertiary/aromatic N) is 1. The third-order valence-corrected chi connectivity index (χ3v) is 7.22. The van der Waals surface area contributed by atoms with E-state index in [2.05, 4.69) is 15.2 Å². The molecular weight excluding hydrogens is 418 g/mol. The molecule has 0 bridgehead atoms. The van der Waals surface area contributed by atoms with Gasteiger partial charge in [0.05, 0.1) is 0 Å². The molecule has 1 aromatic carbocycles. The number of aromatic nitrogens is 1. The van der Waals surface area contributed by atoms with Crippen LogP contribution < -0.4 is 5.32 Å². The summed E-state index contributed by atoms with van der Waals surface area (Å²) in [6.45, 7) is 0. The van der Waals surface area contributed by atoms with Crippen LogP contribution in [0.2, 0.25) is 0 Å². The van der Waals surface area contributed by atoms with Crippen molar-refractivity contribution in [3.8, 4) is 0 Å². The first kappa shape index (κ1) is 23.3. The monoisotopic (exact) mass is 453 g/mol. The van der Waals surface area contributed by atoms with Gasteiger partial charge in [0.1, 0.15) is 11.7 Å². The minimum atomic E-state index is -0.963. The maximum atomic E-state index is 13.9. The highest BCUT2D eigenvalue weighted by atomic mass is 16.4. The molecule has 2 fully saturated rings. The molecule has 4 rings (SSSR count). The number of carbonyl (C=O) groups excluding carboxylic acids is 2. The van der Waals surface area contributed by atoms with Crippen molar-refractivity contribution < 1.29 is 19.5 Å². The molecule has 3 N–H and O–H groups in total. The molecule has 1 aromatic heterocycles. The van der Waals surface area contributed by atoms with Crippen LogP contribution in [0.5, 0.6) is 0 Å². The maximum absolute atomic E-state index is 13.9. The Morgan fingerprint density at radius 2 is 1.58 bits per heavy atom. The fraction of sp³-hybridized carbons (Fsp3) is 0.577. The number of carboxylic acid groups (broad SMARTS) is 1. The van der Waals surface area contributed by atoms with E-state index in [1.54, 1.807) is 6.07 Å². The highest BCUT2D eigenvalue weighted by Gasteiger charge is 2.36. The molecule has 7 nitrogen and oxygen atoms in total. The topological polar surface area (TPSA) is 102 Å². The lowest BCUT2D eigenvalue weighted by Gasteiger charge is -2.43. The van der Waals surface area contributed by atoms with Gasteiger partial charge in [-0.1, -0.05) is 56.7 Å². The Morgan fingerprint density at radius 1 is 0.970 bits per heavy atom. The summed E-state index contributed by atoms with van der Waals surface area (Å²) in [5.74, 6) is -1.45. The zero-order chi connectivity index (χ0) is 23.2. The van der Waals surface area contributed by atoms with E-state index in [4.69, 9.17) is 0 Å². The van der Waals surface area contributed by atoms with E-state index in [0.717, 1.165) is 62.3 Å². The van der Waals surface area contributed by atoms with Crippen LogP contribution >= 0.6 is 0 Å². The summed E-state index contributed by atoms with van der Waals surface area (Å²) in [4.78, 5) is 43.5. The first-order valence-electron chi connectivity index (χ1n) is 12.5. The van der Waals surface area contributed by atoms with Crippen LogP contribution in [0.15, 0.2) is 30.3 Å². The molecule has 2 aliphatic rings. The van der Waals surface area contributed by atoms with E-state index in [9.17, 15) is 19.5 Å². The number of amides is 2. The van der Waals surface area contributed by atoms with E-state index < -0.39 is 12.0 Å². The van der Waals surface area contributed by atoms with E-state index in [1.807, 2.05) is 24.3 Å². The summed E-state index contributed by atoms with van der Waals surface area (Å²) in [5.41, 5.74) is 1.23. The van der Waals surface area contributed by atoms with E-state index >= 15 is 0 Å². The number of rotatable bonds is 8. The lowest BCUT2D eigenvalue weighted by atomic mass is 9.88. The number of carboxylic acids is 1. The van der Waals surface area contributed by atoms with Crippen molar-refractivity contribution in [3.63, 3.8) is 0 Å². The van der Waals surface area contributed by atoms with Crippen molar-refractivity contribution in [1.82, 2.24) is 15.2 Å². The average molecular weight is 454 g/mol. The summed E-state index contributed by atoms with van der Waals surface area (Å²) in [6.07, 6.45) is 10.7. The van der Waals surface area contributed by atoms with Gasteiger partial charge in [0.15, 0.2) is 0 Å². The van der Waals surface area contributed by atoms with Gasteiger partial charge in [-0.05, 0) is 44.2 Å². The third-order valence-electron chi connectivity index (χ3n) is 7.22. The van der Waals surface area contributed by atoms with Crippen molar-refractivity contribution in [3.05, 3.63) is 36.0 Å². The predicted octanol–water partition coefficient (Wildman–Crippen LogP) is 4.63. The molecule has 1 unspecified atom stereocenters. The third kappa shape index (κ3) is 5.75. The number of H-pyrrole nitrogens is 1. The first-order valence-corrected chi connectivity index (χ1v) is 12.5. The van der Waals surface area contributed by atoms with E-state index in [1.165, 1.54) is 12.8 Å². The molecular formula is C26H35N3O4. The van der Waals surface area contributed by atoms with Gasteiger partial charge in [-0.2, -0.15) is 0 Å². The summed E-state index contributed by atoms with van der Waals surface area (Å²) < 4.78 is 0. The Bertz CT molecular complexity index is 922. The first-order chi connectivity index (χ1) is 16.0. The second-order valence-electron chi connectivity index (χ2n) is 9.56. The summed E-state index contributed by atoms with van der Waals surface area (Å²) in [7, 11) is 0.